The number of aliphatic hydroxyl groups excluding tert-OH is 1. The molecule has 0 aliphatic rings. The van der Waals surface area contributed by atoms with Crippen LogP contribution in [0.4, 0.5) is 4.79 Å². The van der Waals surface area contributed by atoms with Crippen LogP contribution in [-0.2, 0) is 14.3 Å². The number of esters is 1. The molecule has 25 heavy (non-hydrogen) atoms. The SMILES string of the molecule is CCOC(=O)C(O)COc1ccc(C=NNC(=O)OC(C)(C)C)nc1. The first-order valence-electron chi connectivity index (χ1n) is 7.67. The van der Waals surface area contributed by atoms with E-state index in [1.807, 2.05) is 0 Å². The second kappa shape index (κ2) is 9.58. The molecule has 0 radical (unpaired) electrons. The number of nitrogens with zero attached hydrogens (tertiary/aromatic N) is 2. The molecule has 2 N–H and O–H groups in total. The van der Waals surface area contributed by atoms with E-state index in [0.717, 1.165) is 0 Å². The Morgan fingerprint density at radius 1 is 1.40 bits per heavy atom. The third kappa shape index (κ3) is 8.66. The van der Waals surface area contributed by atoms with Crippen molar-refractivity contribution in [1.29, 1.82) is 0 Å². The average Bonchev–Trinajstić information content (AvgIpc) is 2.52. The smallest absolute Gasteiger partial charge is 0.428 e. The fourth-order valence-electron chi connectivity index (χ4n) is 1.49. The van der Waals surface area contributed by atoms with Gasteiger partial charge in [0, 0.05) is 0 Å². The van der Waals surface area contributed by atoms with Gasteiger partial charge in [-0.1, -0.05) is 0 Å². The molecule has 9 nitrogen and oxygen atoms in total. The highest BCUT2D eigenvalue weighted by Gasteiger charge is 2.17. The highest BCUT2D eigenvalue weighted by atomic mass is 16.6. The van der Waals surface area contributed by atoms with E-state index in [9.17, 15) is 14.7 Å². The first kappa shape index (κ1) is 20.4. The average molecular weight is 353 g/mol. The second-order valence-electron chi connectivity index (χ2n) is 5.87. The van der Waals surface area contributed by atoms with Crippen molar-refractivity contribution in [1.82, 2.24) is 10.4 Å². The number of ether oxygens (including phenoxy) is 3. The lowest BCUT2D eigenvalue weighted by molar-refractivity contribution is -0.154. The Morgan fingerprint density at radius 2 is 2.12 bits per heavy atom. The van der Waals surface area contributed by atoms with Gasteiger partial charge in [0.15, 0.2) is 6.10 Å². The van der Waals surface area contributed by atoms with Crippen LogP contribution in [0.15, 0.2) is 23.4 Å². The van der Waals surface area contributed by atoms with E-state index in [0.29, 0.717) is 11.4 Å². The topological polar surface area (TPSA) is 119 Å². The number of aromatic nitrogens is 1. The van der Waals surface area contributed by atoms with Crippen LogP contribution in [0.2, 0.25) is 0 Å². The van der Waals surface area contributed by atoms with E-state index < -0.39 is 23.8 Å². The van der Waals surface area contributed by atoms with Crippen LogP contribution in [-0.4, -0.2) is 53.3 Å². The molecule has 0 spiro atoms. The van der Waals surface area contributed by atoms with Crippen LogP contribution in [0.1, 0.15) is 33.4 Å². The summed E-state index contributed by atoms with van der Waals surface area (Å²) in [5.41, 5.74) is 2.08. The van der Waals surface area contributed by atoms with Crippen LogP contribution in [0.25, 0.3) is 0 Å². The lowest BCUT2D eigenvalue weighted by atomic mass is 10.2. The first-order chi connectivity index (χ1) is 11.7. The largest absolute Gasteiger partial charge is 0.489 e. The fourth-order valence-corrected chi connectivity index (χ4v) is 1.49. The predicted octanol–water partition coefficient (Wildman–Crippen LogP) is 1.24. The molecular formula is C16H23N3O6. The molecule has 0 aliphatic carbocycles. The van der Waals surface area contributed by atoms with Crippen LogP contribution >= 0.6 is 0 Å². The minimum Gasteiger partial charge on any atom is -0.489 e. The number of hydrogen-bond acceptors (Lipinski definition) is 8. The fraction of sp³-hybridized carbons (Fsp3) is 0.500. The molecule has 0 fully saturated rings. The zero-order valence-corrected chi connectivity index (χ0v) is 14.7. The quantitative estimate of drug-likeness (QED) is 0.430. The van der Waals surface area contributed by atoms with E-state index in [-0.39, 0.29) is 13.2 Å². The number of rotatable bonds is 7. The number of carbonyl (C=O) groups excluding carboxylic acids is 2. The molecule has 138 valence electrons. The predicted molar refractivity (Wildman–Crippen MR) is 89.3 cm³/mol. The maximum absolute atomic E-state index is 11.4. The van der Waals surface area contributed by atoms with E-state index in [4.69, 9.17) is 9.47 Å². The minimum atomic E-state index is -1.36. The Bertz CT molecular complexity index is 595. The zero-order valence-electron chi connectivity index (χ0n) is 14.7. The number of nitrogens with one attached hydrogen (secondary N) is 1. The maximum atomic E-state index is 11.4. The number of aliphatic hydroxyl groups is 1. The molecule has 9 heteroatoms. The van der Waals surface area contributed by atoms with Crippen molar-refractivity contribution < 1.29 is 28.9 Å². The molecule has 1 aromatic rings. The number of carbonyl (C=O) groups is 2. The van der Waals surface area contributed by atoms with E-state index >= 15 is 0 Å². The Balaban J connectivity index is 2.44. The van der Waals surface area contributed by atoms with Crippen molar-refractivity contribution in [3.63, 3.8) is 0 Å². The highest BCUT2D eigenvalue weighted by molar-refractivity contribution is 5.78. The van der Waals surface area contributed by atoms with Gasteiger partial charge in [-0.2, -0.15) is 5.10 Å². The molecular weight excluding hydrogens is 330 g/mol. The standard InChI is InChI=1S/C16H23N3O6/c1-5-23-14(21)13(20)10-24-12-7-6-11(17-9-12)8-18-19-15(22)25-16(2,3)4/h6-9,13,20H,5,10H2,1-4H3,(H,19,22). The Hall–Kier alpha value is -2.68. The third-order valence-electron chi connectivity index (χ3n) is 2.48. The van der Waals surface area contributed by atoms with E-state index in [1.165, 1.54) is 12.4 Å². The van der Waals surface area contributed by atoms with Crippen molar-refractivity contribution in [2.24, 2.45) is 5.10 Å². The Kier molecular flexibility index (Phi) is 7.80. The molecule has 1 heterocycles. The van der Waals surface area contributed by atoms with Crippen molar-refractivity contribution in [2.45, 2.75) is 39.4 Å². The van der Waals surface area contributed by atoms with Gasteiger partial charge in [-0.15, -0.1) is 0 Å². The first-order valence-corrected chi connectivity index (χ1v) is 7.67. The molecule has 1 rings (SSSR count). The molecule has 0 saturated carbocycles. The molecule has 1 unspecified atom stereocenters. The van der Waals surface area contributed by atoms with Crippen LogP contribution in [0, 0.1) is 0 Å². The van der Waals surface area contributed by atoms with Gasteiger partial charge in [-0.25, -0.2) is 15.0 Å². The van der Waals surface area contributed by atoms with Crippen molar-refractivity contribution in [2.75, 3.05) is 13.2 Å². The summed E-state index contributed by atoms with van der Waals surface area (Å²) in [6, 6.07) is 3.17. The van der Waals surface area contributed by atoms with Gasteiger partial charge in [0.1, 0.15) is 18.0 Å². The van der Waals surface area contributed by atoms with E-state index in [2.05, 4.69) is 20.2 Å². The molecule has 0 bridgehead atoms. The number of pyridine rings is 1. The zero-order chi connectivity index (χ0) is 18.9. The van der Waals surface area contributed by atoms with Gasteiger partial charge in [-0.3, -0.25) is 4.98 Å². The van der Waals surface area contributed by atoms with Crippen molar-refractivity contribution in [3.05, 3.63) is 24.0 Å². The van der Waals surface area contributed by atoms with Gasteiger partial charge in [0.2, 0.25) is 0 Å². The summed E-state index contributed by atoms with van der Waals surface area (Å²) in [5.74, 6) is -0.381. The molecule has 1 aromatic heterocycles. The van der Waals surface area contributed by atoms with Crippen molar-refractivity contribution >= 4 is 18.3 Å². The molecule has 0 saturated heterocycles. The third-order valence-corrected chi connectivity index (χ3v) is 2.48. The molecule has 1 atom stereocenters. The summed E-state index contributed by atoms with van der Waals surface area (Å²) in [5, 5.41) is 13.2. The van der Waals surface area contributed by atoms with Crippen LogP contribution < -0.4 is 10.2 Å². The lowest BCUT2D eigenvalue weighted by Gasteiger charge is -2.18. The van der Waals surface area contributed by atoms with Gasteiger partial charge in [0.05, 0.1) is 24.7 Å². The molecule has 0 aromatic carbocycles. The summed E-state index contributed by atoms with van der Waals surface area (Å²) in [6.07, 6.45) is 0.698. The van der Waals surface area contributed by atoms with E-state index in [1.54, 1.807) is 39.8 Å². The summed E-state index contributed by atoms with van der Waals surface area (Å²) in [4.78, 5) is 26.7. The van der Waals surface area contributed by atoms with Crippen LogP contribution in [0.3, 0.4) is 0 Å². The van der Waals surface area contributed by atoms with Crippen LogP contribution in [0.5, 0.6) is 5.75 Å². The lowest BCUT2D eigenvalue weighted by Crippen LogP contribution is -2.29. The normalized spacial score (nSPS) is 12.5. The molecule has 1 amide bonds. The monoisotopic (exact) mass is 353 g/mol. The Morgan fingerprint density at radius 3 is 2.68 bits per heavy atom. The summed E-state index contributed by atoms with van der Waals surface area (Å²) in [7, 11) is 0. The number of amides is 1. The summed E-state index contributed by atoms with van der Waals surface area (Å²) < 4.78 is 14.9. The second-order valence-corrected chi connectivity index (χ2v) is 5.87. The van der Waals surface area contributed by atoms with Crippen molar-refractivity contribution in [3.8, 4) is 5.75 Å². The minimum absolute atomic E-state index is 0.183. The van der Waals surface area contributed by atoms with Gasteiger partial charge in [0.25, 0.3) is 0 Å². The number of hydrogen-bond donors (Lipinski definition) is 2. The summed E-state index contributed by atoms with van der Waals surface area (Å²) >= 11 is 0. The maximum Gasteiger partial charge on any atom is 0.428 e. The van der Waals surface area contributed by atoms with Gasteiger partial charge >= 0.3 is 12.1 Å². The highest BCUT2D eigenvalue weighted by Crippen LogP contribution is 2.09. The van der Waals surface area contributed by atoms with Gasteiger partial charge < -0.3 is 19.3 Å². The number of hydrazone groups is 1. The summed E-state index contributed by atoms with van der Waals surface area (Å²) in [6.45, 7) is 6.82. The Labute approximate surface area is 146 Å². The molecule has 0 aliphatic heterocycles. The van der Waals surface area contributed by atoms with Gasteiger partial charge in [-0.05, 0) is 39.8 Å².